The molecule has 0 saturated carbocycles. The van der Waals surface area contributed by atoms with Crippen LogP contribution in [0.3, 0.4) is 0 Å². The van der Waals surface area contributed by atoms with Crippen molar-refractivity contribution in [2.45, 2.75) is 12.4 Å². The Hall–Kier alpha value is -4.07. The van der Waals surface area contributed by atoms with Gasteiger partial charge in [0.1, 0.15) is 0 Å². The van der Waals surface area contributed by atoms with Crippen molar-refractivity contribution in [2.75, 3.05) is 0 Å². The van der Waals surface area contributed by atoms with Gasteiger partial charge in [0.2, 0.25) is 0 Å². The van der Waals surface area contributed by atoms with Crippen LogP contribution in [0.1, 0.15) is 11.1 Å². The lowest BCUT2D eigenvalue weighted by atomic mass is 10.1. The van der Waals surface area contributed by atoms with Crippen molar-refractivity contribution in [3.63, 3.8) is 0 Å². The predicted molar refractivity (Wildman–Crippen MR) is 97.6 cm³/mol. The SMILES string of the molecule is O=C(O)C(Oc1ccco1)(Oc1ccco1)Oc1occc1Cc1ccccc1. The number of carboxylic acid groups (broad SMARTS) is 1. The van der Waals surface area contributed by atoms with Crippen LogP contribution in [0.2, 0.25) is 0 Å². The topological polar surface area (TPSA) is 104 Å². The van der Waals surface area contributed by atoms with Gasteiger partial charge >= 0.3 is 11.9 Å². The molecule has 0 aliphatic carbocycles. The maximum atomic E-state index is 12.2. The molecule has 0 aliphatic rings. The summed E-state index contributed by atoms with van der Waals surface area (Å²) in [5, 5.41) is 9.90. The van der Waals surface area contributed by atoms with Gasteiger partial charge < -0.3 is 32.6 Å². The quantitative estimate of drug-likeness (QED) is 0.417. The first-order valence-corrected chi connectivity index (χ1v) is 8.62. The van der Waals surface area contributed by atoms with E-state index in [4.69, 9.17) is 27.5 Å². The van der Waals surface area contributed by atoms with Crippen molar-refractivity contribution in [1.29, 1.82) is 0 Å². The second-order valence-electron chi connectivity index (χ2n) is 5.93. The molecular formula is C21H16O8. The average molecular weight is 396 g/mol. The van der Waals surface area contributed by atoms with E-state index in [0.29, 0.717) is 12.0 Å². The molecule has 0 bridgehead atoms. The average Bonchev–Trinajstić information content (AvgIpc) is 3.47. The first-order chi connectivity index (χ1) is 14.1. The molecule has 1 N–H and O–H groups in total. The van der Waals surface area contributed by atoms with Gasteiger partial charge in [-0.05, 0) is 23.8 Å². The highest BCUT2D eigenvalue weighted by molar-refractivity contribution is 5.75. The Morgan fingerprint density at radius 1 is 0.793 bits per heavy atom. The minimum Gasteiger partial charge on any atom is -0.472 e. The zero-order valence-corrected chi connectivity index (χ0v) is 15.0. The molecule has 29 heavy (non-hydrogen) atoms. The van der Waals surface area contributed by atoms with Gasteiger partial charge in [0, 0.05) is 24.1 Å². The number of hydrogen-bond acceptors (Lipinski definition) is 7. The fraction of sp³-hybridized carbons (Fsp3) is 0.0952. The van der Waals surface area contributed by atoms with E-state index in [1.54, 1.807) is 6.07 Å². The van der Waals surface area contributed by atoms with Crippen LogP contribution in [-0.2, 0) is 11.2 Å². The molecule has 0 fully saturated rings. The van der Waals surface area contributed by atoms with E-state index >= 15 is 0 Å². The van der Waals surface area contributed by atoms with Crippen LogP contribution >= 0.6 is 0 Å². The third kappa shape index (κ3) is 4.11. The van der Waals surface area contributed by atoms with Crippen molar-refractivity contribution in [3.8, 4) is 17.8 Å². The fourth-order valence-corrected chi connectivity index (χ4v) is 2.58. The Morgan fingerprint density at radius 3 is 2.00 bits per heavy atom. The van der Waals surface area contributed by atoms with Crippen molar-refractivity contribution in [3.05, 3.63) is 90.6 Å². The maximum Gasteiger partial charge on any atom is 0.530 e. The van der Waals surface area contributed by atoms with Gasteiger partial charge in [-0.3, -0.25) is 0 Å². The van der Waals surface area contributed by atoms with Crippen LogP contribution in [-0.4, -0.2) is 17.0 Å². The number of aliphatic carboxylic acids is 1. The summed E-state index contributed by atoms with van der Waals surface area (Å²) >= 11 is 0. The van der Waals surface area contributed by atoms with Gasteiger partial charge in [-0.25, -0.2) is 4.79 Å². The molecule has 8 heteroatoms. The number of carbonyl (C=O) groups is 1. The van der Waals surface area contributed by atoms with E-state index in [1.807, 2.05) is 30.3 Å². The lowest BCUT2D eigenvalue weighted by Crippen LogP contribution is -2.55. The highest BCUT2D eigenvalue weighted by Gasteiger charge is 2.51. The molecule has 3 heterocycles. The number of carboxylic acids is 1. The Morgan fingerprint density at radius 2 is 1.45 bits per heavy atom. The van der Waals surface area contributed by atoms with Gasteiger partial charge in [0.25, 0.3) is 17.8 Å². The van der Waals surface area contributed by atoms with Crippen LogP contribution in [0.4, 0.5) is 0 Å². The molecule has 0 saturated heterocycles. The molecule has 0 radical (unpaired) electrons. The number of rotatable bonds is 9. The standard InChI is InChI=1S/C21H16O8/c22-20(23)21(27-17-8-4-11-24-17,28-18-9-5-12-25-18)29-19-16(10-13-26-19)14-15-6-2-1-3-7-15/h1-13H,14H2,(H,22,23). The Bertz CT molecular complexity index is 996. The number of ether oxygens (including phenoxy) is 3. The highest BCUT2D eigenvalue weighted by Crippen LogP contribution is 2.31. The Kier molecular flexibility index (Phi) is 4.98. The number of benzene rings is 1. The van der Waals surface area contributed by atoms with Crippen molar-refractivity contribution >= 4 is 5.97 Å². The first kappa shape index (κ1) is 18.3. The molecule has 0 atom stereocenters. The summed E-state index contributed by atoms with van der Waals surface area (Å²) in [6, 6.07) is 17.1. The Balaban J connectivity index is 1.66. The lowest BCUT2D eigenvalue weighted by molar-refractivity contribution is -0.268. The molecule has 3 aromatic heterocycles. The molecular weight excluding hydrogens is 380 g/mol. The highest BCUT2D eigenvalue weighted by atomic mass is 16.9. The predicted octanol–water partition coefficient (Wildman–Crippen LogP) is 4.33. The molecule has 148 valence electrons. The van der Waals surface area contributed by atoms with Crippen LogP contribution in [0.25, 0.3) is 0 Å². The van der Waals surface area contributed by atoms with E-state index in [0.717, 1.165) is 5.56 Å². The molecule has 4 rings (SSSR count). The third-order valence-corrected chi connectivity index (χ3v) is 3.89. The minimum absolute atomic E-state index is 0.0747. The first-order valence-electron chi connectivity index (χ1n) is 8.62. The van der Waals surface area contributed by atoms with Crippen molar-refractivity contribution in [2.24, 2.45) is 0 Å². The van der Waals surface area contributed by atoms with Gasteiger partial charge in [-0.2, -0.15) is 0 Å². The molecule has 1 aromatic carbocycles. The molecule has 4 aromatic rings. The second kappa shape index (κ2) is 7.89. The fourth-order valence-electron chi connectivity index (χ4n) is 2.58. The zero-order chi connectivity index (χ0) is 20.1. The molecule has 0 amide bonds. The Labute approximate surface area is 164 Å². The van der Waals surface area contributed by atoms with Gasteiger partial charge in [-0.1, -0.05) is 30.3 Å². The summed E-state index contributed by atoms with van der Waals surface area (Å²) in [5.41, 5.74) is 1.59. The van der Waals surface area contributed by atoms with Gasteiger partial charge in [0.05, 0.1) is 18.8 Å². The molecule has 0 unspecified atom stereocenters. The summed E-state index contributed by atoms with van der Waals surface area (Å²) in [4.78, 5) is 12.2. The monoisotopic (exact) mass is 396 g/mol. The van der Waals surface area contributed by atoms with Crippen molar-refractivity contribution in [1.82, 2.24) is 0 Å². The maximum absolute atomic E-state index is 12.2. The van der Waals surface area contributed by atoms with Crippen molar-refractivity contribution < 1.29 is 37.4 Å². The van der Waals surface area contributed by atoms with E-state index < -0.39 is 11.9 Å². The number of furan rings is 3. The van der Waals surface area contributed by atoms with E-state index in [2.05, 4.69) is 0 Å². The summed E-state index contributed by atoms with van der Waals surface area (Å²) in [7, 11) is 0. The summed E-state index contributed by atoms with van der Waals surface area (Å²) in [5.74, 6) is -4.56. The van der Waals surface area contributed by atoms with Crippen LogP contribution in [0, 0.1) is 0 Å². The van der Waals surface area contributed by atoms with E-state index in [9.17, 15) is 9.90 Å². The smallest absolute Gasteiger partial charge is 0.472 e. The molecule has 0 aliphatic heterocycles. The summed E-state index contributed by atoms with van der Waals surface area (Å²) < 4.78 is 32.0. The lowest BCUT2D eigenvalue weighted by Gasteiger charge is -2.26. The van der Waals surface area contributed by atoms with Crippen LogP contribution < -0.4 is 14.2 Å². The summed E-state index contributed by atoms with van der Waals surface area (Å²) in [6.07, 6.45) is 4.48. The largest absolute Gasteiger partial charge is 0.530 e. The van der Waals surface area contributed by atoms with Crippen LogP contribution in [0.5, 0.6) is 17.8 Å². The molecule has 8 nitrogen and oxygen atoms in total. The summed E-state index contributed by atoms with van der Waals surface area (Å²) in [6.45, 7) is 0. The minimum atomic E-state index is -2.65. The second-order valence-corrected chi connectivity index (χ2v) is 5.93. The van der Waals surface area contributed by atoms with Gasteiger partial charge in [0.15, 0.2) is 0 Å². The zero-order valence-electron chi connectivity index (χ0n) is 15.0. The van der Waals surface area contributed by atoms with E-state index in [-0.39, 0.29) is 17.8 Å². The normalized spacial score (nSPS) is 11.2. The van der Waals surface area contributed by atoms with Gasteiger partial charge in [-0.15, -0.1) is 0 Å². The molecule has 0 spiro atoms. The van der Waals surface area contributed by atoms with Crippen LogP contribution in [0.15, 0.2) is 92.7 Å². The third-order valence-electron chi connectivity index (χ3n) is 3.89. The van der Waals surface area contributed by atoms with E-state index in [1.165, 1.54) is 43.1 Å². The number of hydrogen-bond donors (Lipinski definition) is 1.